The minimum atomic E-state index is -0.589. The Morgan fingerprint density at radius 1 is 1.29 bits per heavy atom. The summed E-state index contributed by atoms with van der Waals surface area (Å²) in [5.41, 5.74) is 1.33. The number of nitrogens with one attached hydrogen (secondary N) is 1. The first-order valence-corrected chi connectivity index (χ1v) is 12.1. The van der Waals surface area contributed by atoms with Crippen molar-refractivity contribution < 1.29 is 15.0 Å². The van der Waals surface area contributed by atoms with Crippen LogP contribution in [0, 0.1) is 16.7 Å². The molecule has 5 nitrogen and oxygen atoms in total. The van der Waals surface area contributed by atoms with E-state index in [1.807, 2.05) is 39.0 Å². The maximum Gasteiger partial charge on any atom is 0.220 e. The van der Waals surface area contributed by atoms with Crippen molar-refractivity contribution in [1.29, 1.82) is 0 Å². The van der Waals surface area contributed by atoms with Gasteiger partial charge in [0.1, 0.15) is 5.01 Å². The number of carbonyl (C=O) groups is 1. The van der Waals surface area contributed by atoms with Gasteiger partial charge in [0.2, 0.25) is 5.91 Å². The average molecular weight is 443 g/mol. The number of aliphatic hydroxyl groups is 2. The van der Waals surface area contributed by atoms with Crippen LogP contribution in [0.3, 0.4) is 0 Å². The van der Waals surface area contributed by atoms with Gasteiger partial charge in [0.15, 0.2) is 0 Å². The number of carbonyl (C=O) groups excluding carboxylic acids is 1. The number of nitrogens with zero attached hydrogens (tertiary/aromatic N) is 1. The molecule has 1 aromatic carbocycles. The summed E-state index contributed by atoms with van der Waals surface area (Å²) in [5, 5.41) is 25.2. The standard InChI is InChI=1S/C25H34N2O3S/c1-15(2)26-21(30)12-17-22-18(31-23(27-22)16-8-6-5-7-9-16)13-19-24(17,3)11-10-20(29)25(19,4)14-28/h5-9,15,17,19-20,28-29H,10-14H2,1-4H3,(H,26,30)/t17-,19+,20-,24+,25+/m1/s1. The highest BCUT2D eigenvalue weighted by Gasteiger charge is 2.59. The van der Waals surface area contributed by atoms with E-state index in [0.717, 1.165) is 29.1 Å². The van der Waals surface area contributed by atoms with Crippen LogP contribution < -0.4 is 5.32 Å². The normalized spacial score (nSPS) is 32.4. The summed E-state index contributed by atoms with van der Waals surface area (Å²) in [7, 11) is 0. The highest BCUT2D eigenvalue weighted by atomic mass is 32.1. The lowest BCUT2D eigenvalue weighted by atomic mass is 9.47. The molecule has 1 saturated carbocycles. The van der Waals surface area contributed by atoms with Gasteiger partial charge in [-0.2, -0.15) is 0 Å². The predicted octanol–water partition coefficient (Wildman–Crippen LogP) is 4.14. The lowest BCUT2D eigenvalue weighted by Gasteiger charge is -2.58. The van der Waals surface area contributed by atoms with Crippen molar-refractivity contribution in [1.82, 2.24) is 10.3 Å². The Kier molecular flexibility index (Phi) is 6.01. The Morgan fingerprint density at radius 2 is 2.00 bits per heavy atom. The number of hydrogen-bond donors (Lipinski definition) is 3. The van der Waals surface area contributed by atoms with E-state index in [2.05, 4.69) is 24.4 Å². The molecule has 0 spiro atoms. The van der Waals surface area contributed by atoms with Gasteiger partial charge in [-0.15, -0.1) is 11.3 Å². The summed E-state index contributed by atoms with van der Waals surface area (Å²) in [6.07, 6.45) is 2.09. The molecule has 2 aromatic rings. The van der Waals surface area contributed by atoms with Gasteiger partial charge in [0, 0.05) is 34.2 Å². The van der Waals surface area contributed by atoms with Crippen LogP contribution in [0.4, 0.5) is 0 Å². The molecule has 31 heavy (non-hydrogen) atoms. The molecule has 0 saturated heterocycles. The van der Waals surface area contributed by atoms with E-state index in [4.69, 9.17) is 4.98 Å². The van der Waals surface area contributed by atoms with Gasteiger partial charge >= 0.3 is 0 Å². The second kappa shape index (κ2) is 8.30. The molecule has 0 bridgehead atoms. The van der Waals surface area contributed by atoms with E-state index in [0.29, 0.717) is 12.8 Å². The van der Waals surface area contributed by atoms with Crippen LogP contribution in [0.1, 0.15) is 63.4 Å². The van der Waals surface area contributed by atoms with Crippen LogP contribution in [0.15, 0.2) is 30.3 Å². The first kappa shape index (κ1) is 22.4. The van der Waals surface area contributed by atoms with Gasteiger partial charge in [-0.05, 0) is 44.4 Å². The zero-order valence-corrected chi connectivity index (χ0v) is 19.7. The SMILES string of the molecule is CC(C)NC(=O)C[C@@H]1c2nc(-c3ccccc3)sc2C[C@@H]2[C@](C)(CO)[C@H](O)CC[C@]21C. The fraction of sp³-hybridized carbons (Fsp3) is 0.600. The molecule has 1 heterocycles. The van der Waals surface area contributed by atoms with Gasteiger partial charge in [0.25, 0.3) is 0 Å². The molecule has 2 aliphatic carbocycles. The Labute approximate surface area is 188 Å². The molecule has 6 heteroatoms. The third kappa shape index (κ3) is 3.83. The van der Waals surface area contributed by atoms with Crippen molar-refractivity contribution in [2.75, 3.05) is 6.61 Å². The molecular weight excluding hydrogens is 408 g/mol. The van der Waals surface area contributed by atoms with Gasteiger partial charge < -0.3 is 15.5 Å². The molecule has 3 N–H and O–H groups in total. The Hall–Kier alpha value is -1.76. The number of aromatic nitrogens is 1. The van der Waals surface area contributed by atoms with E-state index in [-0.39, 0.29) is 35.8 Å². The molecule has 2 aliphatic rings. The number of benzene rings is 1. The second-order valence-corrected chi connectivity index (χ2v) is 11.2. The number of thiazole rings is 1. The average Bonchev–Trinajstić information content (AvgIpc) is 3.16. The minimum Gasteiger partial charge on any atom is -0.396 e. The number of amides is 1. The maximum absolute atomic E-state index is 12.9. The van der Waals surface area contributed by atoms with Crippen molar-refractivity contribution in [2.45, 2.75) is 71.4 Å². The van der Waals surface area contributed by atoms with Crippen LogP contribution in [-0.4, -0.2) is 39.9 Å². The topological polar surface area (TPSA) is 82.5 Å². The molecule has 1 fully saturated rings. The third-order valence-electron chi connectivity index (χ3n) is 7.75. The van der Waals surface area contributed by atoms with E-state index in [1.54, 1.807) is 11.3 Å². The van der Waals surface area contributed by atoms with Crippen molar-refractivity contribution >= 4 is 17.2 Å². The molecular formula is C25H34N2O3S. The molecule has 0 unspecified atom stereocenters. The Morgan fingerprint density at radius 3 is 2.65 bits per heavy atom. The van der Waals surface area contributed by atoms with Gasteiger partial charge in [-0.1, -0.05) is 44.2 Å². The number of rotatable bonds is 5. The van der Waals surface area contributed by atoms with Crippen LogP contribution in [0.5, 0.6) is 0 Å². The Bertz CT molecular complexity index is 943. The Balaban J connectivity index is 1.80. The highest BCUT2D eigenvalue weighted by Crippen LogP contribution is 2.62. The first-order chi connectivity index (χ1) is 14.7. The van der Waals surface area contributed by atoms with Crippen LogP contribution in [0.2, 0.25) is 0 Å². The predicted molar refractivity (Wildman–Crippen MR) is 124 cm³/mol. The summed E-state index contributed by atoms with van der Waals surface area (Å²) in [5.74, 6) is 0.0909. The van der Waals surface area contributed by atoms with E-state index >= 15 is 0 Å². The lowest BCUT2D eigenvalue weighted by Crippen LogP contribution is -2.57. The summed E-state index contributed by atoms with van der Waals surface area (Å²) >= 11 is 1.69. The molecule has 5 atom stereocenters. The van der Waals surface area contributed by atoms with Crippen molar-refractivity contribution in [3.8, 4) is 10.6 Å². The molecule has 4 rings (SSSR count). The number of aliphatic hydroxyl groups excluding tert-OH is 2. The molecule has 0 aliphatic heterocycles. The molecule has 1 aromatic heterocycles. The lowest BCUT2D eigenvalue weighted by molar-refractivity contribution is -0.144. The highest BCUT2D eigenvalue weighted by molar-refractivity contribution is 7.15. The van der Waals surface area contributed by atoms with Crippen molar-refractivity contribution in [3.63, 3.8) is 0 Å². The van der Waals surface area contributed by atoms with Crippen molar-refractivity contribution in [2.24, 2.45) is 16.7 Å². The van der Waals surface area contributed by atoms with Crippen LogP contribution in [-0.2, 0) is 11.2 Å². The second-order valence-electron chi connectivity index (χ2n) is 10.2. The molecule has 168 valence electrons. The number of hydrogen-bond acceptors (Lipinski definition) is 5. The zero-order valence-electron chi connectivity index (χ0n) is 18.9. The number of fused-ring (bicyclic) bond motifs is 2. The van der Waals surface area contributed by atoms with Gasteiger partial charge in [0.05, 0.1) is 18.4 Å². The fourth-order valence-electron chi connectivity index (χ4n) is 5.92. The maximum atomic E-state index is 12.9. The summed E-state index contributed by atoms with van der Waals surface area (Å²) in [4.78, 5) is 19.2. The molecule has 0 radical (unpaired) electrons. The van der Waals surface area contributed by atoms with Gasteiger partial charge in [-0.25, -0.2) is 4.98 Å². The third-order valence-corrected chi connectivity index (χ3v) is 8.90. The van der Waals surface area contributed by atoms with E-state index in [9.17, 15) is 15.0 Å². The smallest absolute Gasteiger partial charge is 0.220 e. The van der Waals surface area contributed by atoms with Gasteiger partial charge in [-0.3, -0.25) is 4.79 Å². The quantitative estimate of drug-likeness (QED) is 0.650. The summed E-state index contributed by atoms with van der Waals surface area (Å²) in [6.45, 7) is 8.15. The fourth-order valence-corrected chi connectivity index (χ4v) is 7.09. The van der Waals surface area contributed by atoms with E-state index in [1.165, 1.54) is 4.88 Å². The summed E-state index contributed by atoms with van der Waals surface area (Å²) < 4.78 is 0. The minimum absolute atomic E-state index is 0.0351. The van der Waals surface area contributed by atoms with Crippen LogP contribution in [0.25, 0.3) is 10.6 Å². The van der Waals surface area contributed by atoms with E-state index < -0.39 is 11.5 Å². The summed E-state index contributed by atoms with van der Waals surface area (Å²) in [6, 6.07) is 10.3. The zero-order chi connectivity index (χ0) is 22.4. The first-order valence-electron chi connectivity index (χ1n) is 11.3. The molecule has 1 amide bonds. The van der Waals surface area contributed by atoms with Crippen molar-refractivity contribution in [3.05, 3.63) is 40.9 Å². The largest absolute Gasteiger partial charge is 0.396 e. The van der Waals surface area contributed by atoms with Crippen LogP contribution >= 0.6 is 11.3 Å². The monoisotopic (exact) mass is 442 g/mol.